The van der Waals surface area contributed by atoms with Crippen LogP contribution in [0.25, 0.3) is 0 Å². The zero-order chi connectivity index (χ0) is 67.7. The number of carbonyl (C=O) groups is 8. The molecule has 0 radical (unpaired) electrons. The van der Waals surface area contributed by atoms with E-state index in [4.69, 9.17) is 95.4 Å². The fourth-order valence-corrected chi connectivity index (χ4v) is 14.3. The lowest BCUT2D eigenvalue weighted by atomic mass is 9.88. The molecule has 23 nitrogen and oxygen atoms in total. The Labute approximate surface area is 541 Å². The van der Waals surface area contributed by atoms with Crippen LogP contribution in [-0.4, -0.2) is 182 Å². The molecular formula is C58H95Cl3N2O21SSi3. The Bertz CT molecular complexity index is 2610. The van der Waals surface area contributed by atoms with E-state index >= 15 is 9.59 Å². The second-order valence-electron chi connectivity index (χ2n) is 26.7. The van der Waals surface area contributed by atoms with E-state index in [2.05, 4.69) is 31.4 Å². The molecule has 2 fully saturated rings. The molecule has 0 aliphatic carbocycles. The molecule has 2 saturated heterocycles. The maximum atomic E-state index is 15.1. The third-order valence-electron chi connectivity index (χ3n) is 16.4. The third kappa shape index (κ3) is 21.8. The van der Waals surface area contributed by atoms with Crippen molar-refractivity contribution in [2.24, 2.45) is 0 Å². The first kappa shape index (κ1) is 78.7. The number of ether oxygens (including phenoxy) is 10. The number of carbonyl (C=O) groups excluding carboxylic acids is 8. The Kier molecular flexibility index (Phi) is 27.6. The predicted octanol–water partition coefficient (Wildman–Crippen LogP) is 9.92. The Morgan fingerprint density at radius 1 is 0.614 bits per heavy atom. The number of benzene rings is 1. The monoisotopic (exact) mass is 1380 g/mol. The molecule has 1 aromatic carbocycles. The minimum absolute atomic E-state index is 0.135. The Hall–Kier alpha value is -3.59. The van der Waals surface area contributed by atoms with Gasteiger partial charge in [0.15, 0.2) is 37.2 Å². The van der Waals surface area contributed by atoms with Crippen LogP contribution in [0, 0.1) is 6.92 Å². The lowest BCUT2D eigenvalue weighted by Gasteiger charge is -2.54. The molecule has 12 atom stereocenters. The van der Waals surface area contributed by atoms with Crippen molar-refractivity contribution in [3.8, 4) is 0 Å². The average Bonchev–Trinajstić information content (AvgIpc) is 0.786. The summed E-state index contributed by atoms with van der Waals surface area (Å²) in [7, 11) is -6.99. The predicted molar refractivity (Wildman–Crippen MR) is 337 cm³/mol. The summed E-state index contributed by atoms with van der Waals surface area (Å²) in [5, 5.41) is 4.10. The number of methoxy groups -OCH3 is 2. The summed E-state index contributed by atoms with van der Waals surface area (Å²) in [5.41, 5.74) is 0.953. The topological polar surface area (TPSA) is 281 Å². The van der Waals surface area contributed by atoms with Gasteiger partial charge in [-0.2, -0.15) is 0 Å². The van der Waals surface area contributed by atoms with Crippen LogP contribution in [0.2, 0.25) is 54.4 Å². The summed E-state index contributed by atoms with van der Waals surface area (Å²) < 4.78 is 80.7. The Morgan fingerprint density at radius 3 is 1.59 bits per heavy atom. The second-order valence-corrected chi connectivity index (χ2v) is 44.8. The molecule has 2 amide bonds. The molecule has 2 N–H and O–H groups in total. The van der Waals surface area contributed by atoms with E-state index in [1.165, 1.54) is 14.0 Å². The van der Waals surface area contributed by atoms with E-state index in [0.717, 1.165) is 52.1 Å². The average molecular weight is 1380 g/mol. The summed E-state index contributed by atoms with van der Waals surface area (Å²) >= 11 is 18.9. The van der Waals surface area contributed by atoms with Gasteiger partial charge < -0.3 is 71.3 Å². The van der Waals surface area contributed by atoms with Gasteiger partial charge in [0, 0.05) is 45.9 Å². The molecule has 0 aromatic heterocycles. The summed E-state index contributed by atoms with van der Waals surface area (Å²) in [6.45, 7) is 35.2. The van der Waals surface area contributed by atoms with Crippen LogP contribution in [0.3, 0.4) is 0 Å². The molecule has 2 aliphatic heterocycles. The standard InChI is InChI=1S/C58H95Cl3N2O21SSi3/c1-33-24-26-39(27-25-33)85-57(51(70)73-17)29-41(82-86(18,19)53(7,8)9)45(62-34(2)64)49(81-57)47(84-88(22,23)55(13,14)15)43(83-87(20,21)54(10,11)12)31-76-56(50(69)72-16)28-40(77-36(4)66)44(63-52(71)75-32-58(59,60)61)48(80-56)46(79-38(6)68)42(78-37(5)67)30-74-35(3)65/h24-27,40-49H,28-32H2,1-23H3,(H,62,64)(H,63,71)/t40-,41-,42+,43+,44+,45+,46+,47+,48+,49+,56-,57-/m0/s1. The maximum Gasteiger partial charge on any atom is 0.407 e. The first-order chi connectivity index (χ1) is 40.0. The number of amides is 2. The van der Waals surface area contributed by atoms with Gasteiger partial charge in [0.05, 0.1) is 51.5 Å². The van der Waals surface area contributed by atoms with E-state index in [9.17, 15) is 28.8 Å². The molecular weight excluding hydrogens is 1280 g/mol. The number of rotatable bonds is 25. The van der Waals surface area contributed by atoms with Crippen LogP contribution < -0.4 is 10.6 Å². The van der Waals surface area contributed by atoms with Crippen LogP contribution >= 0.6 is 46.6 Å². The van der Waals surface area contributed by atoms with Crippen molar-refractivity contribution in [1.82, 2.24) is 10.6 Å². The van der Waals surface area contributed by atoms with Crippen LogP contribution in [0.15, 0.2) is 29.2 Å². The maximum absolute atomic E-state index is 15.1. The Morgan fingerprint density at radius 2 is 1.12 bits per heavy atom. The summed E-state index contributed by atoms with van der Waals surface area (Å²) in [4.78, 5) is 108. The Balaban J connectivity index is 2.69. The number of alkyl carbamates (subject to hydrolysis) is 1. The summed E-state index contributed by atoms with van der Waals surface area (Å²) in [6, 6.07) is 4.61. The molecule has 2 aliphatic rings. The number of nitrogens with one attached hydrogen (secondary N) is 2. The van der Waals surface area contributed by atoms with Gasteiger partial charge in [-0.05, 0) is 73.5 Å². The van der Waals surface area contributed by atoms with Crippen molar-refractivity contribution in [2.45, 2.75) is 251 Å². The molecule has 30 heteroatoms. The summed E-state index contributed by atoms with van der Waals surface area (Å²) in [6.07, 6.45) is -15.0. The highest BCUT2D eigenvalue weighted by Gasteiger charge is 2.63. The van der Waals surface area contributed by atoms with Crippen molar-refractivity contribution in [3.05, 3.63) is 29.8 Å². The zero-order valence-corrected chi connectivity index (χ0v) is 61.3. The van der Waals surface area contributed by atoms with Gasteiger partial charge in [-0.1, -0.05) is 127 Å². The van der Waals surface area contributed by atoms with Crippen molar-refractivity contribution in [3.63, 3.8) is 0 Å². The highest BCUT2D eigenvalue weighted by atomic mass is 35.6. The molecule has 0 unspecified atom stereocenters. The molecule has 2 heterocycles. The number of halogens is 3. The van der Waals surface area contributed by atoms with Crippen LogP contribution in [0.5, 0.6) is 0 Å². The fraction of sp³-hybridized carbons (Fsp3) is 0.759. The fourth-order valence-electron chi connectivity index (χ4n) is 8.96. The van der Waals surface area contributed by atoms with Crippen LogP contribution in [-0.2, 0) is 94.2 Å². The number of hydrogen-bond donors (Lipinski definition) is 2. The highest BCUT2D eigenvalue weighted by molar-refractivity contribution is 8.01. The summed E-state index contributed by atoms with van der Waals surface area (Å²) in [5.74, 6) is -9.20. The number of hydrogen-bond acceptors (Lipinski definition) is 22. The zero-order valence-electron chi connectivity index (χ0n) is 55.2. The SMILES string of the molecule is COC(=O)[C@]1(OC[C@@H](O[Si](C)(C)C(C)(C)C)[C@@H](O[Si](C)(C)C(C)(C)C)[C@@H]2O[C@@](Sc3ccc(C)cc3)(C(=O)OC)C[C@H](O[Si](C)(C)C(C)(C)C)[C@H]2NC(C)=O)C[C@H](OC(C)=O)[C@@H](NC(=O)OCC(Cl)(Cl)Cl)[C@H]([C@H](OC(C)=O)[C@@H](COC(C)=O)OC(C)=O)O1. The lowest BCUT2D eigenvalue weighted by molar-refractivity contribution is -0.319. The molecule has 502 valence electrons. The van der Waals surface area contributed by atoms with Gasteiger partial charge in [-0.15, -0.1) is 0 Å². The number of thioether (sulfide) groups is 1. The first-order valence-electron chi connectivity index (χ1n) is 28.8. The number of esters is 6. The van der Waals surface area contributed by atoms with Crippen LogP contribution in [0.4, 0.5) is 4.79 Å². The number of alkyl halides is 3. The minimum Gasteiger partial charge on any atom is -0.466 e. The van der Waals surface area contributed by atoms with Crippen LogP contribution in [0.1, 0.15) is 115 Å². The largest absolute Gasteiger partial charge is 0.466 e. The molecule has 1 aromatic rings. The van der Waals surface area contributed by atoms with Gasteiger partial charge in [0.1, 0.15) is 37.6 Å². The van der Waals surface area contributed by atoms with Gasteiger partial charge in [0.25, 0.3) is 5.79 Å². The normalized spacial score (nSPS) is 24.5. The van der Waals surface area contributed by atoms with E-state index in [1.807, 2.05) is 112 Å². The van der Waals surface area contributed by atoms with Gasteiger partial charge in [0.2, 0.25) is 14.6 Å². The smallest absolute Gasteiger partial charge is 0.407 e. The van der Waals surface area contributed by atoms with E-state index in [0.29, 0.717) is 4.90 Å². The van der Waals surface area contributed by atoms with E-state index in [-0.39, 0.29) is 6.42 Å². The van der Waals surface area contributed by atoms with E-state index < -0.39 is 190 Å². The molecule has 3 rings (SSSR count). The lowest BCUT2D eigenvalue weighted by Crippen LogP contribution is -2.71. The van der Waals surface area contributed by atoms with Crippen molar-refractivity contribution >= 4 is 119 Å². The number of aryl methyl sites for hydroxylation is 1. The van der Waals surface area contributed by atoms with Crippen molar-refractivity contribution in [1.29, 1.82) is 0 Å². The van der Waals surface area contributed by atoms with Gasteiger partial charge in [-0.25, -0.2) is 14.4 Å². The molecule has 0 saturated carbocycles. The second kappa shape index (κ2) is 30.9. The first-order valence-corrected chi connectivity index (χ1v) is 39.5. The van der Waals surface area contributed by atoms with Crippen molar-refractivity contribution < 1.29 is 99.0 Å². The highest BCUT2D eigenvalue weighted by Crippen LogP contribution is 2.50. The molecule has 88 heavy (non-hydrogen) atoms. The van der Waals surface area contributed by atoms with E-state index in [1.54, 1.807) is 0 Å². The minimum atomic E-state index is -3.19. The quantitative estimate of drug-likeness (QED) is 0.0398. The molecule has 0 spiro atoms. The van der Waals surface area contributed by atoms with Gasteiger partial charge in [-0.3, -0.25) is 24.0 Å². The molecule has 0 bridgehead atoms. The third-order valence-corrected chi connectivity index (χ3v) is 31.5. The van der Waals surface area contributed by atoms with Crippen molar-refractivity contribution in [2.75, 3.05) is 34.0 Å². The van der Waals surface area contributed by atoms with Gasteiger partial charge >= 0.3 is 41.9 Å².